The van der Waals surface area contributed by atoms with E-state index in [9.17, 15) is 14.4 Å². The van der Waals surface area contributed by atoms with Crippen molar-refractivity contribution < 1.29 is 24.2 Å². The molecule has 1 atom stereocenters. The Hall–Kier alpha value is -4.17. The van der Waals surface area contributed by atoms with E-state index in [-0.39, 0.29) is 24.1 Å². The van der Waals surface area contributed by atoms with Crippen molar-refractivity contribution in [2.24, 2.45) is 10.9 Å². The standard InChI is InChI=1S/C25H23N3O5.ClH/c26-27-15-18-6-8-20(9-7-18)25(32)28-22(14-17-4-2-1-3-5-17)24(31)19-10-12-21(13-11-19)33-16-23(29)30;/h1-13,15,22H,14,16,26H2,(H,28,32)(H,29,30);1H/t22-;/m0./s1. The van der Waals surface area contributed by atoms with Crippen LogP contribution in [0.1, 0.15) is 31.8 Å². The van der Waals surface area contributed by atoms with Crippen molar-refractivity contribution in [3.63, 3.8) is 0 Å². The van der Waals surface area contributed by atoms with E-state index in [1.54, 1.807) is 36.4 Å². The summed E-state index contributed by atoms with van der Waals surface area (Å²) in [4.78, 5) is 36.8. The zero-order chi connectivity index (χ0) is 23.6. The fourth-order valence-corrected chi connectivity index (χ4v) is 3.17. The first-order valence-corrected chi connectivity index (χ1v) is 10.1. The number of nitrogens with two attached hydrogens (primary N) is 1. The van der Waals surface area contributed by atoms with Gasteiger partial charge in [0.1, 0.15) is 5.75 Å². The largest absolute Gasteiger partial charge is 0.482 e. The second kappa shape index (κ2) is 12.8. The molecule has 0 heterocycles. The number of ether oxygens (including phenoxy) is 1. The van der Waals surface area contributed by atoms with Gasteiger partial charge < -0.3 is 21.0 Å². The van der Waals surface area contributed by atoms with Gasteiger partial charge in [-0.3, -0.25) is 9.59 Å². The normalized spacial score (nSPS) is 11.3. The van der Waals surface area contributed by atoms with Crippen LogP contribution < -0.4 is 15.9 Å². The number of hydrazone groups is 1. The van der Waals surface area contributed by atoms with Crippen molar-refractivity contribution in [2.75, 3.05) is 6.61 Å². The third-order valence-electron chi connectivity index (χ3n) is 4.80. The van der Waals surface area contributed by atoms with E-state index in [0.29, 0.717) is 23.3 Å². The molecule has 0 saturated carbocycles. The van der Waals surface area contributed by atoms with Crippen LogP contribution in [0.5, 0.6) is 5.75 Å². The zero-order valence-electron chi connectivity index (χ0n) is 18.1. The molecule has 34 heavy (non-hydrogen) atoms. The number of amides is 1. The zero-order valence-corrected chi connectivity index (χ0v) is 18.9. The molecule has 0 spiro atoms. The van der Waals surface area contributed by atoms with Crippen LogP contribution in [-0.2, 0) is 11.2 Å². The minimum atomic E-state index is -1.09. The van der Waals surface area contributed by atoms with Crippen molar-refractivity contribution in [1.29, 1.82) is 0 Å². The molecule has 3 rings (SSSR count). The van der Waals surface area contributed by atoms with Crippen LogP contribution in [0.15, 0.2) is 84.0 Å². The molecular weight excluding hydrogens is 458 g/mol. The number of nitrogens with one attached hydrogen (secondary N) is 1. The summed E-state index contributed by atoms with van der Waals surface area (Å²) in [6.07, 6.45) is 1.77. The number of benzene rings is 3. The molecule has 0 fully saturated rings. The SMILES string of the molecule is Cl.NN=Cc1ccc(C(=O)N[C@@H](Cc2ccccc2)C(=O)c2ccc(OCC(=O)O)cc2)cc1. The fraction of sp³-hybridized carbons (Fsp3) is 0.120. The topological polar surface area (TPSA) is 131 Å². The summed E-state index contributed by atoms with van der Waals surface area (Å²) >= 11 is 0. The number of aliphatic carboxylic acids is 1. The summed E-state index contributed by atoms with van der Waals surface area (Å²) in [7, 11) is 0. The predicted octanol–water partition coefficient (Wildman–Crippen LogP) is 3.09. The van der Waals surface area contributed by atoms with Crippen LogP contribution in [-0.4, -0.2) is 41.6 Å². The molecule has 0 aliphatic heterocycles. The van der Waals surface area contributed by atoms with Gasteiger partial charge in [-0.1, -0.05) is 42.5 Å². The number of nitrogens with zero attached hydrogens (tertiary/aromatic N) is 1. The second-order valence-electron chi connectivity index (χ2n) is 7.19. The summed E-state index contributed by atoms with van der Waals surface area (Å²) in [6.45, 7) is -0.476. The van der Waals surface area contributed by atoms with Gasteiger partial charge >= 0.3 is 5.97 Å². The summed E-state index contributed by atoms with van der Waals surface area (Å²) < 4.78 is 5.11. The molecule has 9 heteroatoms. The number of carbonyl (C=O) groups is 3. The number of carboxylic acids is 1. The average molecular weight is 482 g/mol. The molecule has 0 aromatic heterocycles. The number of rotatable bonds is 10. The number of hydrogen-bond donors (Lipinski definition) is 3. The molecule has 0 aliphatic carbocycles. The monoisotopic (exact) mass is 481 g/mol. The third kappa shape index (κ3) is 7.46. The number of carbonyl (C=O) groups excluding carboxylic acids is 2. The Balaban J connectivity index is 0.00000408. The quantitative estimate of drug-likeness (QED) is 0.176. The highest BCUT2D eigenvalue weighted by Crippen LogP contribution is 2.16. The lowest BCUT2D eigenvalue weighted by Gasteiger charge is -2.18. The Morgan fingerprint density at radius 1 is 0.941 bits per heavy atom. The maximum Gasteiger partial charge on any atom is 0.341 e. The van der Waals surface area contributed by atoms with E-state index >= 15 is 0 Å². The molecule has 0 aliphatic rings. The summed E-state index contributed by atoms with van der Waals surface area (Å²) in [5, 5.41) is 15.0. The van der Waals surface area contributed by atoms with E-state index in [2.05, 4.69) is 10.4 Å². The molecule has 3 aromatic carbocycles. The lowest BCUT2D eigenvalue weighted by atomic mass is 9.97. The van der Waals surface area contributed by atoms with Gasteiger partial charge in [-0.25, -0.2) is 4.79 Å². The van der Waals surface area contributed by atoms with Crippen LogP contribution in [0.4, 0.5) is 0 Å². The van der Waals surface area contributed by atoms with Gasteiger partial charge in [0.2, 0.25) is 0 Å². The number of ketones is 1. The lowest BCUT2D eigenvalue weighted by molar-refractivity contribution is -0.139. The number of hydrogen-bond acceptors (Lipinski definition) is 6. The highest BCUT2D eigenvalue weighted by molar-refractivity contribution is 6.04. The molecule has 3 aromatic rings. The number of halogens is 1. The molecule has 0 unspecified atom stereocenters. The van der Waals surface area contributed by atoms with Crippen molar-refractivity contribution in [3.05, 3.63) is 101 Å². The van der Waals surface area contributed by atoms with Gasteiger partial charge in [-0.15, -0.1) is 12.4 Å². The van der Waals surface area contributed by atoms with Crippen LogP contribution in [0, 0.1) is 0 Å². The maximum atomic E-state index is 13.3. The third-order valence-corrected chi connectivity index (χ3v) is 4.80. The highest BCUT2D eigenvalue weighted by Gasteiger charge is 2.23. The van der Waals surface area contributed by atoms with E-state index in [1.807, 2.05) is 30.3 Å². The Kier molecular flexibility index (Phi) is 9.79. The van der Waals surface area contributed by atoms with Crippen LogP contribution in [0.2, 0.25) is 0 Å². The Labute approximate surface area is 202 Å². The minimum Gasteiger partial charge on any atom is -0.482 e. The molecule has 8 nitrogen and oxygen atoms in total. The summed E-state index contributed by atoms with van der Waals surface area (Å²) in [5.41, 5.74) is 2.41. The number of Topliss-reactive ketones (excluding diaryl/α,β-unsaturated/α-hetero) is 1. The maximum absolute atomic E-state index is 13.3. The fourth-order valence-electron chi connectivity index (χ4n) is 3.17. The molecule has 0 saturated heterocycles. The Morgan fingerprint density at radius 3 is 2.15 bits per heavy atom. The Bertz CT molecular complexity index is 1130. The van der Waals surface area contributed by atoms with E-state index < -0.39 is 18.6 Å². The van der Waals surface area contributed by atoms with Crippen molar-refractivity contribution in [3.8, 4) is 5.75 Å². The second-order valence-corrected chi connectivity index (χ2v) is 7.19. The number of carboxylic acid groups (broad SMARTS) is 1. The molecule has 176 valence electrons. The van der Waals surface area contributed by atoms with Gasteiger partial charge in [-0.2, -0.15) is 5.10 Å². The van der Waals surface area contributed by atoms with E-state index in [1.165, 1.54) is 18.3 Å². The van der Waals surface area contributed by atoms with Gasteiger partial charge in [0, 0.05) is 17.5 Å². The minimum absolute atomic E-state index is 0. The first-order valence-electron chi connectivity index (χ1n) is 10.1. The molecule has 1 amide bonds. The smallest absolute Gasteiger partial charge is 0.341 e. The van der Waals surface area contributed by atoms with E-state index in [4.69, 9.17) is 15.7 Å². The molecule has 0 bridgehead atoms. The summed E-state index contributed by atoms with van der Waals surface area (Å²) in [6, 6.07) is 21.4. The van der Waals surface area contributed by atoms with E-state index in [0.717, 1.165) is 11.1 Å². The van der Waals surface area contributed by atoms with Gasteiger partial charge in [-0.05, 0) is 47.5 Å². The van der Waals surface area contributed by atoms with Crippen molar-refractivity contribution in [2.45, 2.75) is 12.5 Å². The molecule has 0 radical (unpaired) electrons. The van der Waals surface area contributed by atoms with Crippen molar-refractivity contribution >= 4 is 36.3 Å². The Morgan fingerprint density at radius 2 is 1.56 bits per heavy atom. The average Bonchev–Trinajstić information content (AvgIpc) is 2.83. The predicted molar refractivity (Wildman–Crippen MR) is 131 cm³/mol. The van der Waals surface area contributed by atoms with Crippen LogP contribution in [0.25, 0.3) is 0 Å². The van der Waals surface area contributed by atoms with Crippen molar-refractivity contribution in [1.82, 2.24) is 5.32 Å². The van der Waals surface area contributed by atoms with Gasteiger partial charge in [0.25, 0.3) is 5.91 Å². The van der Waals surface area contributed by atoms with Crippen LogP contribution >= 0.6 is 12.4 Å². The van der Waals surface area contributed by atoms with Crippen LogP contribution in [0.3, 0.4) is 0 Å². The first-order chi connectivity index (χ1) is 16.0. The highest BCUT2D eigenvalue weighted by atomic mass is 35.5. The molecule has 4 N–H and O–H groups in total. The van der Waals surface area contributed by atoms with Gasteiger partial charge in [0.15, 0.2) is 12.4 Å². The summed E-state index contributed by atoms with van der Waals surface area (Å²) in [5.74, 6) is 3.72. The molecular formula is C25H24ClN3O5. The first kappa shape index (κ1) is 26.1. The van der Waals surface area contributed by atoms with Gasteiger partial charge in [0.05, 0.1) is 12.3 Å². The lowest BCUT2D eigenvalue weighted by Crippen LogP contribution is -2.42.